The first kappa shape index (κ1) is 10.7. The molecule has 2 saturated heterocycles. The van der Waals surface area contributed by atoms with E-state index in [1.54, 1.807) is 0 Å². The molecule has 0 unspecified atom stereocenters. The van der Waals surface area contributed by atoms with E-state index in [1.807, 2.05) is 23.5 Å². The molecule has 2 aliphatic heterocycles. The topological polar surface area (TPSA) is 18.5 Å². The Bertz CT molecular complexity index is 58.0. The lowest BCUT2D eigenvalue weighted by Crippen LogP contribution is -2.01. The van der Waals surface area contributed by atoms with Gasteiger partial charge in [0.2, 0.25) is 0 Å². The van der Waals surface area contributed by atoms with Crippen LogP contribution in [0.3, 0.4) is 0 Å². The molecule has 4 heteroatoms. The molecule has 2 heterocycles. The third kappa shape index (κ3) is 6.17. The Labute approximate surface area is 82.8 Å². The van der Waals surface area contributed by atoms with Crippen molar-refractivity contribution in [1.29, 1.82) is 0 Å². The fourth-order valence-corrected chi connectivity index (χ4v) is 2.23. The second-order valence-electron chi connectivity index (χ2n) is 2.58. The van der Waals surface area contributed by atoms with Crippen molar-refractivity contribution in [1.82, 2.24) is 0 Å². The molecule has 2 rings (SSSR count). The molecule has 2 aliphatic rings. The summed E-state index contributed by atoms with van der Waals surface area (Å²) in [5.74, 6) is 4.42. The Hall–Kier alpha value is 0.620. The molecule has 0 aromatic carbocycles. The van der Waals surface area contributed by atoms with Crippen molar-refractivity contribution in [2.75, 3.05) is 36.6 Å². The third-order valence-electron chi connectivity index (χ3n) is 1.49. The summed E-state index contributed by atoms with van der Waals surface area (Å²) in [6.45, 7) is 1.96. The van der Waals surface area contributed by atoms with Gasteiger partial charge in [-0.15, -0.1) is 23.5 Å². The molecule has 0 radical (unpaired) electrons. The van der Waals surface area contributed by atoms with Gasteiger partial charge in [-0.2, -0.15) is 0 Å². The lowest BCUT2D eigenvalue weighted by atomic mass is 10.5. The van der Waals surface area contributed by atoms with Gasteiger partial charge in [-0.3, -0.25) is 0 Å². The molecular formula is C8H16O2S2. The van der Waals surface area contributed by atoms with Gasteiger partial charge in [0.05, 0.1) is 11.9 Å². The van der Waals surface area contributed by atoms with Crippen LogP contribution in [0, 0.1) is 0 Å². The molecule has 0 bridgehead atoms. The van der Waals surface area contributed by atoms with Crippen molar-refractivity contribution < 1.29 is 9.47 Å². The zero-order chi connectivity index (χ0) is 8.49. The summed E-state index contributed by atoms with van der Waals surface area (Å²) < 4.78 is 10.1. The fourth-order valence-electron chi connectivity index (χ4n) is 0.880. The number of hydrogen-bond acceptors (Lipinski definition) is 4. The quantitative estimate of drug-likeness (QED) is 0.607. The van der Waals surface area contributed by atoms with E-state index >= 15 is 0 Å². The van der Waals surface area contributed by atoms with Crippen LogP contribution in [0.25, 0.3) is 0 Å². The van der Waals surface area contributed by atoms with Gasteiger partial charge >= 0.3 is 0 Å². The van der Waals surface area contributed by atoms with Gasteiger partial charge in [0.1, 0.15) is 0 Å². The zero-order valence-electron chi connectivity index (χ0n) is 7.29. The largest absolute Gasteiger partial charge is 0.371 e. The molecule has 0 aliphatic carbocycles. The molecule has 2 fully saturated rings. The maximum Gasteiger partial charge on any atom is 0.0920 e. The Kier molecular flexibility index (Phi) is 7.34. The van der Waals surface area contributed by atoms with Gasteiger partial charge < -0.3 is 9.47 Å². The molecule has 72 valence electrons. The minimum absolute atomic E-state index is 0.917. The highest BCUT2D eigenvalue weighted by Gasteiger charge is 1.95. The summed E-state index contributed by atoms with van der Waals surface area (Å²) in [4.78, 5) is 0. The smallest absolute Gasteiger partial charge is 0.0920 e. The number of thioether (sulfide) groups is 2. The molecule has 0 spiro atoms. The van der Waals surface area contributed by atoms with Gasteiger partial charge in [0.25, 0.3) is 0 Å². The summed E-state index contributed by atoms with van der Waals surface area (Å²) in [5, 5.41) is 0. The van der Waals surface area contributed by atoms with Crippen molar-refractivity contribution in [3.63, 3.8) is 0 Å². The minimum Gasteiger partial charge on any atom is -0.371 e. The molecule has 0 N–H and O–H groups in total. The number of hydrogen-bond donors (Lipinski definition) is 0. The van der Waals surface area contributed by atoms with Crippen molar-refractivity contribution in [2.24, 2.45) is 0 Å². The highest BCUT2D eigenvalue weighted by molar-refractivity contribution is 7.99. The third-order valence-corrected chi connectivity index (χ3v) is 3.31. The second-order valence-corrected chi connectivity index (χ2v) is 4.68. The van der Waals surface area contributed by atoms with E-state index in [0.29, 0.717) is 0 Å². The van der Waals surface area contributed by atoms with Gasteiger partial charge in [-0.05, 0) is 24.3 Å². The fraction of sp³-hybridized carbons (Fsp3) is 1.00. The zero-order valence-corrected chi connectivity index (χ0v) is 8.92. The predicted molar refractivity (Wildman–Crippen MR) is 55.8 cm³/mol. The van der Waals surface area contributed by atoms with Crippen LogP contribution in [0.15, 0.2) is 0 Å². The van der Waals surface area contributed by atoms with E-state index in [1.165, 1.54) is 24.3 Å². The van der Waals surface area contributed by atoms with Crippen LogP contribution in [-0.2, 0) is 9.47 Å². The van der Waals surface area contributed by atoms with Crippen molar-refractivity contribution in [3.05, 3.63) is 0 Å². The maximum atomic E-state index is 5.03. The first-order valence-corrected chi connectivity index (χ1v) is 6.62. The Morgan fingerprint density at radius 1 is 0.750 bits per heavy atom. The molecule has 0 saturated carbocycles. The van der Waals surface area contributed by atoms with Crippen LogP contribution in [0.2, 0.25) is 0 Å². The van der Waals surface area contributed by atoms with Crippen LogP contribution in [0.1, 0.15) is 12.8 Å². The number of ether oxygens (including phenoxy) is 2. The molecule has 0 aromatic heterocycles. The monoisotopic (exact) mass is 208 g/mol. The highest BCUT2D eigenvalue weighted by atomic mass is 32.2. The molecule has 0 amide bonds. The van der Waals surface area contributed by atoms with Crippen LogP contribution in [0.4, 0.5) is 0 Å². The Morgan fingerprint density at radius 3 is 1.33 bits per heavy atom. The van der Waals surface area contributed by atoms with Crippen molar-refractivity contribution in [3.8, 4) is 0 Å². The lowest BCUT2D eigenvalue weighted by Gasteiger charge is -2.07. The van der Waals surface area contributed by atoms with E-state index in [-0.39, 0.29) is 0 Å². The van der Waals surface area contributed by atoms with Gasteiger partial charge in [-0.1, -0.05) is 0 Å². The van der Waals surface area contributed by atoms with Gasteiger partial charge in [-0.25, -0.2) is 0 Å². The first-order valence-electron chi connectivity index (χ1n) is 4.31. The molecule has 0 atom stereocenters. The highest BCUT2D eigenvalue weighted by Crippen LogP contribution is 2.08. The summed E-state index contributed by atoms with van der Waals surface area (Å²) >= 11 is 3.75. The van der Waals surface area contributed by atoms with Gasteiger partial charge in [0, 0.05) is 13.2 Å². The van der Waals surface area contributed by atoms with E-state index in [9.17, 15) is 0 Å². The SMILES string of the molecule is C1COCSC1.C1COCSC1. The van der Waals surface area contributed by atoms with Gasteiger partial charge in [0.15, 0.2) is 0 Å². The second kappa shape index (κ2) is 8.23. The summed E-state index contributed by atoms with van der Waals surface area (Å²) in [5.41, 5.74) is 0. The van der Waals surface area contributed by atoms with Crippen LogP contribution in [0.5, 0.6) is 0 Å². The van der Waals surface area contributed by atoms with E-state index in [4.69, 9.17) is 9.47 Å². The molecule has 2 nitrogen and oxygen atoms in total. The summed E-state index contributed by atoms with van der Waals surface area (Å²) in [6.07, 6.45) is 2.48. The molecule has 12 heavy (non-hydrogen) atoms. The first-order chi connectivity index (χ1) is 6.00. The molecular weight excluding hydrogens is 192 g/mol. The standard InChI is InChI=1S/2C4H8OS/c2*1-2-5-4-6-3-1/h2*1-4H2. The summed E-state index contributed by atoms with van der Waals surface area (Å²) in [7, 11) is 0. The average Bonchev–Trinajstić information content (AvgIpc) is 2.24. The lowest BCUT2D eigenvalue weighted by molar-refractivity contribution is 0.176. The predicted octanol–water partition coefficient (Wildman–Crippen LogP) is 2.19. The van der Waals surface area contributed by atoms with Crippen LogP contribution in [-0.4, -0.2) is 36.6 Å². The Balaban J connectivity index is 0.000000120. The maximum absolute atomic E-state index is 5.03. The van der Waals surface area contributed by atoms with Crippen LogP contribution >= 0.6 is 23.5 Å². The van der Waals surface area contributed by atoms with E-state index in [2.05, 4.69) is 0 Å². The van der Waals surface area contributed by atoms with Crippen LogP contribution < -0.4 is 0 Å². The minimum atomic E-state index is 0.917. The number of rotatable bonds is 0. The Morgan fingerprint density at radius 2 is 1.25 bits per heavy atom. The average molecular weight is 208 g/mol. The van der Waals surface area contributed by atoms with Crippen molar-refractivity contribution >= 4 is 23.5 Å². The van der Waals surface area contributed by atoms with E-state index < -0.39 is 0 Å². The normalized spacial score (nSPS) is 24.0. The molecule has 0 aromatic rings. The van der Waals surface area contributed by atoms with E-state index in [0.717, 1.165) is 25.1 Å². The summed E-state index contributed by atoms with van der Waals surface area (Å²) in [6, 6.07) is 0. The van der Waals surface area contributed by atoms with Crippen molar-refractivity contribution in [2.45, 2.75) is 12.8 Å².